The zero-order valence-corrected chi connectivity index (χ0v) is 35.1. The summed E-state index contributed by atoms with van der Waals surface area (Å²) in [6.45, 7) is 12.0. The van der Waals surface area contributed by atoms with Crippen molar-refractivity contribution in [3.63, 3.8) is 0 Å². The standard InChI is InChI=1S/C43H57NO15/c1-21-25(57-37(51)29(47)32(39(3,4)5)44-35(49)23-16-13-17-23)19-43(53)34(58-36(50)24-14-11-10-12-15-24)31-41(8,33(48)30(56-22(2)45)28(21)40(43,6)7)26(46)18-27-42(31,20-55-27)59-38(52)54-9/h10-12,14-15,23,25-27,29-32,34,46-47,53H,13,16-20H2,1-9H3,(H,44,49)/t25-,26-,27+,29+,30+,31?,32+,34-,41+,42-,43+/m0/s1. The van der Waals surface area contributed by atoms with Gasteiger partial charge in [-0.25, -0.2) is 14.4 Å². The second-order valence-corrected chi connectivity index (χ2v) is 18.6. The molecule has 1 aromatic carbocycles. The highest BCUT2D eigenvalue weighted by Gasteiger charge is 2.78. The molecule has 0 radical (unpaired) electrons. The van der Waals surface area contributed by atoms with Gasteiger partial charge in [0.15, 0.2) is 23.6 Å². The number of hydrogen-bond acceptors (Lipinski definition) is 15. The number of carbonyl (C=O) groups is 6. The van der Waals surface area contributed by atoms with Crippen molar-refractivity contribution in [2.75, 3.05) is 13.7 Å². The predicted octanol–water partition coefficient (Wildman–Crippen LogP) is 3.12. The van der Waals surface area contributed by atoms with E-state index in [0.717, 1.165) is 20.5 Å². The Morgan fingerprint density at radius 1 is 1.00 bits per heavy atom. The Balaban J connectivity index is 1.55. The van der Waals surface area contributed by atoms with Crippen LogP contribution < -0.4 is 5.32 Å². The van der Waals surface area contributed by atoms with E-state index < -0.39 is 112 Å². The molecule has 1 aromatic rings. The lowest BCUT2D eigenvalue weighted by Crippen LogP contribution is -2.82. The fourth-order valence-electron chi connectivity index (χ4n) is 10.0. The van der Waals surface area contributed by atoms with Crippen LogP contribution in [0.25, 0.3) is 0 Å². The number of Topliss-reactive ketones (excluding diaryl/α,β-unsaturated/α-hetero) is 1. The molecule has 4 N–H and O–H groups in total. The van der Waals surface area contributed by atoms with Gasteiger partial charge < -0.3 is 49.1 Å². The second-order valence-electron chi connectivity index (χ2n) is 18.6. The molecule has 1 amide bonds. The fourth-order valence-corrected chi connectivity index (χ4v) is 10.0. The molecule has 11 atom stereocenters. The third-order valence-corrected chi connectivity index (χ3v) is 13.8. The van der Waals surface area contributed by atoms with E-state index in [1.165, 1.54) is 26.0 Å². The van der Waals surface area contributed by atoms with Gasteiger partial charge in [0, 0.05) is 31.1 Å². The van der Waals surface area contributed by atoms with Crippen molar-refractivity contribution < 1.29 is 72.5 Å². The van der Waals surface area contributed by atoms with Crippen molar-refractivity contribution in [1.82, 2.24) is 5.32 Å². The number of carbonyl (C=O) groups excluding carboxylic acids is 6. The number of methoxy groups -OCH3 is 1. The third kappa shape index (κ3) is 7.23. The molecule has 4 fully saturated rings. The topological polar surface area (TPSA) is 231 Å². The molecule has 0 spiro atoms. The molecule has 16 nitrogen and oxygen atoms in total. The number of amides is 1. The lowest BCUT2D eigenvalue weighted by Gasteiger charge is -2.67. The number of benzene rings is 1. The van der Waals surface area contributed by atoms with Gasteiger partial charge in [-0.2, -0.15) is 0 Å². The molecule has 3 saturated carbocycles. The molecule has 5 aliphatic rings. The van der Waals surface area contributed by atoms with Gasteiger partial charge in [-0.15, -0.1) is 0 Å². The van der Waals surface area contributed by atoms with E-state index in [1.54, 1.807) is 52.8 Å². The molecule has 1 saturated heterocycles. The molecule has 324 valence electrons. The van der Waals surface area contributed by atoms with Crippen LogP contribution in [-0.2, 0) is 47.6 Å². The lowest BCUT2D eigenvalue weighted by molar-refractivity contribution is -0.344. The summed E-state index contributed by atoms with van der Waals surface area (Å²) in [6, 6.07) is 6.72. The van der Waals surface area contributed by atoms with Gasteiger partial charge in [0.05, 0.1) is 42.8 Å². The number of ketones is 1. The summed E-state index contributed by atoms with van der Waals surface area (Å²) in [7, 11) is 1.07. The molecule has 1 aliphatic heterocycles. The SMILES string of the molecule is COC(=O)O[C@@]12CO[C@@H]1C[C@H](O)[C@@]1(C)C(=O)[C@H](OC(C)=O)C3=C(C)[C@@H](OC(=O)[C@H](O)[C@@H](NC(=O)C4CCC4)C(C)(C)C)C[C@@](O)([C@@H](OC(=O)c4ccccc4)C12)C3(C)C. The molecule has 1 heterocycles. The van der Waals surface area contributed by atoms with Gasteiger partial charge >= 0.3 is 24.1 Å². The van der Waals surface area contributed by atoms with E-state index >= 15 is 4.79 Å². The van der Waals surface area contributed by atoms with Gasteiger partial charge in [0.25, 0.3) is 0 Å². The summed E-state index contributed by atoms with van der Waals surface area (Å²) >= 11 is 0. The largest absolute Gasteiger partial charge is 0.508 e. The van der Waals surface area contributed by atoms with Crippen molar-refractivity contribution in [2.45, 2.75) is 141 Å². The average Bonchev–Trinajstić information content (AvgIpc) is 3.13. The first kappa shape index (κ1) is 44.2. The number of aliphatic hydroxyl groups excluding tert-OH is 2. The summed E-state index contributed by atoms with van der Waals surface area (Å²) in [5.74, 6) is -6.02. The maximum absolute atomic E-state index is 15.4. The van der Waals surface area contributed by atoms with Crippen LogP contribution in [-0.4, -0.2) is 119 Å². The van der Waals surface area contributed by atoms with Crippen molar-refractivity contribution in [3.05, 3.63) is 47.0 Å². The smallest absolute Gasteiger partial charge is 0.456 e. The Morgan fingerprint density at radius 2 is 1.64 bits per heavy atom. The van der Waals surface area contributed by atoms with Crippen LogP contribution in [0.3, 0.4) is 0 Å². The molecule has 0 aromatic heterocycles. The predicted molar refractivity (Wildman–Crippen MR) is 205 cm³/mol. The summed E-state index contributed by atoms with van der Waals surface area (Å²) < 4.78 is 35.0. The fraction of sp³-hybridized carbons (Fsp3) is 0.674. The van der Waals surface area contributed by atoms with Crippen molar-refractivity contribution in [2.24, 2.45) is 28.1 Å². The number of rotatable bonds is 9. The molecule has 1 unspecified atom stereocenters. The van der Waals surface area contributed by atoms with Crippen LogP contribution in [0.4, 0.5) is 4.79 Å². The molecule has 59 heavy (non-hydrogen) atoms. The van der Waals surface area contributed by atoms with Gasteiger partial charge in [-0.3, -0.25) is 14.4 Å². The average molecular weight is 828 g/mol. The highest BCUT2D eigenvalue weighted by molar-refractivity contribution is 5.95. The number of nitrogens with one attached hydrogen (secondary N) is 1. The van der Waals surface area contributed by atoms with Gasteiger partial charge in [0.2, 0.25) is 5.91 Å². The first-order valence-corrected chi connectivity index (χ1v) is 20.1. The van der Waals surface area contributed by atoms with E-state index in [2.05, 4.69) is 5.32 Å². The quantitative estimate of drug-likeness (QED) is 0.159. The molecule has 4 aliphatic carbocycles. The summed E-state index contributed by atoms with van der Waals surface area (Å²) in [5, 5.41) is 40.1. The van der Waals surface area contributed by atoms with Gasteiger partial charge in [-0.1, -0.05) is 59.2 Å². The summed E-state index contributed by atoms with van der Waals surface area (Å²) in [5.41, 5.74) is -8.58. The van der Waals surface area contributed by atoms with Crippen LogP contribution >= 0.6 is 0 Å². The Hall–Kier alpha value is -4.38. The number of fused-ring (bicyclic) bond motifs is 5. The first-order valence-electron chi connectivity index (χ1n) is 20.1. The molecule has 6 rings (SSSR count). The Kier molecular flexibility index (Phi) is 11.7. The number of ether oxygens (including phenoxy) is 6. The van der Waals surface area contributed by atoms with Crippen LogP contribution in [0.5, 0.6) is 0 Å². The van der Waals surface area contributed by atoms with Gasteiger partial charge in [-0.05, 0) is 55.4 Å². The molecule has 2 bridgehead atoms. The molecular weight excluding hydrogens is 770 g/mol. The zero-order chi connectivity index (χ0) is 43.6. The van der Waals surface area contributed by atoms with Crippen molar-refractivity contribution >= 4 is 35.8 Å². The lowest BCUT2D eigenvalue weighted by atomic mass is 9.44. The maximum atomic E-state index is 15.4. The highest BCUT2D eigenvalue weighted by Crippen LogP contribution is 2.64. The molecule has 16 heteroatoms. The normalized spacial score (nSPS) is 34.7. The highest BCUT2D eigenvalue weighted by atomic mass is 16.8. The van der Waals surface area contributed by atoms with Crippen LogP contribution in [0, 0.1) is 28.1 Å². The van der Waals surface area contributed by atoms with E-state index in [1.807, 2.05) is 0 Å². The Morgan fingerprint density at radius 3 is 2.17 bits per heavy atom. The van der Waals surface area contributed by atoms with Gasteiger partial charge in [0.1, 0.15) is 23.9 Å². The second kappa shape index (κ2) is 15.6. The molecular formula is C43H57NO15. The zero-order valence-electron chi connectivity index (χ0n) is 35.1. The minimum absolute atomic E-state index is 0.00644. The third-order valence-electron chi connectivity index (χ3n) is 13.8. The number of esters is 3. The van der Waals surface area contributed by atoms with E-state index in [4.69, 9.17) is 28.4 Å². The van der Waals surface area contributed by atoms with E-state index in [0.29, 0.717) is 12.8 Å². The monoisotopic (exact) mass is 827 g/mol. The Bertz CT molecular complexity index is 1900. The minimum atomic E-state index is -2.39. The van der Waals surface area contributed by atoms with Crippen LogP contribution in [0.15, 0.2) is 41.5 Å². The van der Waals surface area contributed by atoms with Crippen LogP contribution in [0.2, 0.25) is 0 Å². The number of hydrogen-bond donors (Lipinski definition) is 4. The Labute approximate surface area is 343 Å². The van der Waals surface area contributed by atoms with Crippen LogP contribution in [0.1, 0.15) is 97.9 Å². The summed E-state index contributed by atoms with van der Waals surface area (Å²) in [6.07, 6.45) is -9.38. The van der Waals surface area contributed by atoms with E-state index in [-0.39, 0.29) is 41.6 Å². The summed E-state index contributed by atoms with van der Waals surface area (Å²) in [4.78, 5) is 82.9. The number of aliphatic hydroxyl groups is 3. The van der Waals surface area contributed by atoms with Crippen molar-refractivity contribution in [1.29, 1.82) is 0 Å². The van der Waals surface area contributed by atoms with E-state index in [9.17, 15) is 39.3 Å². The minimum Gasteiger partial charge on any atom is -0.456 e. The first-order chi connectivity index (χ1) is 27.4. The van der Waals surface area contributed by atoms with Crippen molar-refractivity contribution in [3.8, 4) is 0 Å². The maximum Gasteiger partial charge on any atom is 0.508 e.